The molecule has 1 atom stereocenters. The molecule has 21 heavy (non-hydrogen) atoms. The molecule has 1 unspecified atom stereocenters. The minimum Gasteiger partial charge on any atom is -0.374 e. The maximum Gasteiger partial charge on any atom is 0.416 e. The van der Waals surface area contributed by atoms with Crippen LogP contribution in [-0.4, -0.2) is 18.0 Å². The SMILES string of the molecule is CC(Nc1ccc(C(F)(F)F)cc1)C(=O)NC1CCCC1. The van der Waals surface area contributed by atoms with Gasteiger partial charge in [-0.25, -0.2) is 0 Å². The van der Waals surface area contributed by atoms with Crippen molar-refractivity contribution in [3.05, 3.63) is 29.8 Å². The van der Waals surface area contributed by atoms with Gasteiger partial charge in [0.05, 0.1) is 5.56 Å². The standard InChI is InChI=1S/C15H19F3N2O/c1-10(14(21)20-12-4-2-3-5-12)19-13-8-6-11(7-9-13)15(16,17)18/h6-10,12,19H,2-5H2,1H3,(H,20,21). The molecular formula is C15H19F3N2O. The van der Waals surface area contributed by atoms with Crippen LogP contribution in [0, 0.1) is 0 Å². The monoisotopic (exact) mass is 300 g/mol. The Morgan fingerprint density at radius 3 is 2.29 bits per heavy atom. The van der Waals surface area contributed by atoms with Gasteiger partial charge in [-0.2, -0.15) is 13.2 Å². The number of carbonyl (C=O) groups excluding carboxylic acids is 1. The summed E-state index contributed by atoms with van der Waals surface area (Å²) in [5, 5.41) is 5.87. The molecule has 1 fully saturated rings. The minimum absolute atomic E-state index is 0.123. The van der Waals surface area contributed by atoms with E-state index < -0.39 is 17.8 Å². The van der Waals surface area contributed by atoms with Crippen molar-refractivity contribution in [3.8, 4) is 0 Å². The quantitative estimate of drug-likeness (QED) is 0.892. The van der Waals surface area contributed by atoms with Gasteiger partial charge >= 0.3 is 6.18 Å². The van der Waals surface area contributed by atoms with Crippen LogP contribution in [0.1, 0.15) is 38.2 Å². The number of amides is 1. The lowest BCUT2D eigenvalue weighted by Gasteiger charge is -2.19. The van der Waals surface area contributed by atoms with E-state index in [1.54, 1.807) is 6.92 Å². The van der Waals surface area contributed by atoms with Gasteiger partial charge in [0.1, 0.15) is 6.04 Å². The van der Waals surface area contributed by atoms with Crippen LogP contribution < -0.4 is 10.6 Å². The number of alkyl halides is 3. The second kappa shape index (κ2) is 6.37. The largest absolute Gasteiger partial charge is 0.416 e. The van der Waals surface area contributed by atoms with E-state index in [4.69, 9.17) is 0 Å². The van der Waals surface area contributed by atoms with E-state index in [1.807, 2.05) is 0 Å². The summed E-state index contributed by atoms with van der Waals surface area (Å²) >= 11 is 0. The van der Waals surface area contributed by atoms with Gasteiger partial charge in [-0.05, 0) is 44.0 Å². The number of rotatable bonds is 4. The molecule has 1 aliphatic rings. The van der Waals surface area contributed by atoms with Gasteiger partial charge in [0, 0.05) is 11.7 Å². The first-order valence-electron chi connectivity index (χ1n) is 7.10. The van der Waals surface area contributed by atoms with Crippen molar-refractivity contribution in [2.75, 3.05) is 5.32 Å². The van der Waals surface area contributed by atoms with E-state index >= 15 is 0 Å². The Morgan fingerprint density at radius 2 is 1.76 bits per heavy atom. The van der Waals surface area contributed by atoms with E-state index in [9.17, 15) is 18.0 Å². The van der Waals surface area contributed by atoms with Crippen molar-refractivity contribution in [3.63, 3.8) is 0 Å². The van der Waals surface area contributed by atoms with Gasteiger partial charge in [-0.15, -0.1) is 0 Å². The van der Waals surface area contributed by atoms with Gasteiger partial charge in [0.2, 0.25) is 5.91 Å². The number of carbonyl (C=O) groups is 1. The van der Waals surface area contributed by atoms with Crippen molar-refractivity contribution in [1.29, 1.82) is 0 Å². The fourth-order valence-electron chi connectivity index (χ4n) is 2.47. The third-order valence-corrected chi connectivity index (χ3v) is 3.69. The topological polar surface area (TPSA) is 41.1 Å². The molecule has 6 heteroatoms. The fraction of sp³-hybridized carbons (Fsp3) is 0.533. The molecular weight excluding hydrogens is 281 g/mol. The Morgan fingerprint density at radius 1 is 1.19 bits per heavy atom. The molecule has 0 aromatic heterocycles. The summed E-state index contributed by atoms with van der Waals surface area (Å²) in [6.07, 6.45) is -0.0845. The molecule has 116 valence electrons. The summed E-state index contributed by atoms with van der Waals surface area (Å²) in [4.78, 5) is 12.0. The van der Waals surface area contributed by atoms with E-state index in [2.05, 4.69) is 10.6 Å². The Kier molecular flexibility index (Phi) is 4.75. The molecule has 1 aromatic carbocycles. The minimum atomic E-state index is -4.34. The number of hydrogen-bond acceptors (Lipinski definition) is 2. The molecule has 2 rings (SSSR count). The van der Waals surface area contributed by atoms with Gasteiger partial charge < -0.3 is 10.6 Å². The van der Waals surface area contributed by atoms with Crippen LogP contribution in [0.15, 0.2) is 24.3 Å². The summed E-state index contributed by atoms with van der Waals surface area (Å²) < 4.78 is 37.4. The van der Waals surface area contributed by atoms with Crippen LogP contribution in [0.2, 0.25) is 0 Å². The highest BCUT2D eigenvalue weighted by atomic mass is 19.4. The zero-order valence-electron chi connectivity index (χ0n) is 11.8. The zero-order valence-corrected chi connectivity index (χ0v) is 11.8. The maximum atomic E-state index is 12.5. The molecule has 0 saturated heterocycles. The van der Waals surface area contributed by atoms with Crippen LogP contribution in [0.5, 0.6) is 0 Å². The smallest absolute Gasteiger partial charge is 0.374 e. The van der Waals surface area contributed by atoms with Crippen LogP contribution in [-0.2, 0) is 11.0 Å². The third-order valence-electron chi connectivity index (χ3n) is 3.69. The molecule has 2 N–H and O–H groups in total. The second-order valence-electron chi connectivity index (χ2n) is 5.43. The first-order chi connectivity index (χ1) is 9.86. The number of benzene rings is 1. The van der Waals surface area contributed by atoms with Crippen molar-refractivity contribution < 1.29 is 18.0 Å². The van der Waals surface area contributed by atoms with Gasteiger partial charge in [-0.1, -0.05) is 12.8 Å². The van der Waals surface area contributed by atoms with Gasteiger partial charge in [0.15, 0.2) is 0 Å². The molecule has 3 nitrogen and oxygen atoms in total. The summed E-state index contributed by atoms with van der Waals surface area (Å²) in [6, 6.07) is 4.43. The summed E-state index contributed by atoms with van der Waals surface area (Å²) in [5.41, 5.74) is -0.201. The number of anilines is 1. The third kappa shape index (κ3) is 4.37. The normalized spacial score (nSPS) is 17.5. The van der Waals surface area contributed by atoms with Gasteiger partial charge in [-0.3, -0.25) is 4.79 Å². The lowest BCUT2D eigenvalue weighted by Crippen LogP contribution is -2.42. The van der Waals surface area contributed by atoms with Gasteiger partial charge in [0.25, 0.3) is 0 Å². The molecule has 0 heterocycles. The van der Waals surface area contributed by atoms with Crippen LogP contribution in [0.25, 0.3) is 0 Å². The number of halogens is 3. The number of hydrogen-bond donors (Lipinski definition) is 2. The summed E-state index contributed by atoms with van der Waals surface area (Å²) in [7, 11) is 0. The van der Waals surface area contributed by atoms with Crippen molar-refractivity contribution in [1.82, 2.24) is 5.32 Å². The highest BCUT2D eigenvalue weighted by Crippen LogP contribution is 2.29. The van der Waals surface area contributed by atoms with E-state index in [-0.39, 0.29) is 11.9 Å². The summed E-state index contributed by atoms with van der Waals surface area (Å²) in [5.74, 6) is -0.123. The maximum absolute atomic E-state index is 12.5. The Hall–Kier alpha value is -1.72. The zero-order chi connectivity index (χ0) is 15.5. The highest BCUT2D eigenvalue weighted by Gasteiger charge is 2.30. The lowest BCUT2D eigenvalue weighted by atomic mass is 10.2. The Balaban J connectivity index is 1.89. The molecule has 0 spiro atoms. The second-order valence-corrected chi connectivity index (χ2v) is 5.43. The van der Waals surface area contributed by atoms with Crippen LogP contribution in [0.4, 0.5) is 18.9 Å². The Bertz CT molecular complexity index is 479. The first-order valence-corrected chi connectivity index (χ1v) is 7.10. The average Bonchev–Trinajstić information content (AvgIpc) is 2.91. The van der Waals surface area contributed by atoms with Crippen molar-refractivity contribution >= 4 is 11.6 Å². The van der Waals surface area contributed by atoms with E-state index in [0.717, 1.165) is 37.8 Å². The predicted octanol–water partition coefficient (Wildman–Crippen LogP) is 3.56. The molecule has 0 aliphatic heterocycles. The summed E-state index contributed by atoms with van der Waals surface area (Å²) in [6.45, 7) is 1.70. The van der Waals surface area contributed by atoms with E-state index in [0.29, 0.717) is 5.69 Å². The molecule has 0 bridgehead atoms. The van der Waals surface area contributed by atoms with Crippen molar-refractivity contribution in [2.45, 2.75) is 50.9 Å². The van der Waals surface area contributed by atoms with Crippen LogP contribution in [0.3, 0.4) is 0 Å². The lowest BCUT2D eigenvalue weighted by molar-refractivity contribution is -0.137. The molecule has 1 amide bonds. The highest BCUT2D eigenvalue weighted by molar-refractivity contribution is 5.84. The first kappa shape index (κ1) is 15.7. The molecule has 1 aromatic rings. The molecule has 0 radical (unpaired) electrons. The van der Waals surface area contributed by atoms with Crippen molar-refractivity contribution in [2.24, 2.45) is 0 Å². The fourth-order valence-corrected chi connectivity index (χ4v) is 2.47. The Labute approximate surface area is 121 Å². The number of nitrogens with one attached hydrogen (secondary N) is 2. The average molecular weight is 300 g/mol. The van der Waals surface area contributed by atoms with E-state index in [1.165, 1.54) is 12.1 Å². The molecule has 1 aliphatic carbocycles. The van der Waals surface area contributed by atoms with Crippen LogP contribution >= 0.6 is 0 Å². The molecule has 1 saturated carbocycles. The predicted molar refractivity (Wildman–Crippen MR) is 74.9 cm³/mol.